The molecular formula is C17H26N2O3S. The number of rotatable bonds is 4. The minimum absolute atomic E-state index is 0.0378. The third-order valence-corrected chi connectivity index (χ3v) is 6.56. The zero-order valence-electron chi connectivity index (χ0n) is 13.4. The van der Waals surface area contributed by atoms with E-state index >= 15 is 0 Å². The van der Waals surface area contributed by atoms with Crippen LogP contribution in [0.3, 0.4) is 0 Å². The van der Waals surface area contributed by atoms with Crippen molar-refractivity contribution in [2.45, 2.75) is 61.6 Å². The number of aliphatic hydroxyl groups excluding tert-OH is 1. The molecule has 0 radical (unpaired) electrons. The topological polar surface area (TPSA) is 69.6 Å². The van der Waals surface area contributed by atoms with Crippen molar-refractivity contribution in [2.24, 2.45) is 0 Å². The lowest BCUT2D eigenvalue weighted by Gasteiger charge is -2.42. The maximum absolute atomic E-state index is 12.6. The third kappa shape index (κ3) is 4.12. The SMILES string of the molecule is O=S(=O)(N[C@@H]1CCCC[C@@H]1N1CCC(O)CC1)c1ccccc1. The molecule has 1 aromatic carbocycles. The number of sulfonamides is 1. The van der Waals surface area contributed by atoms with E-state index in [4.69, 9.17) is 0 Å². The second kappa shape index (κ2) is 7.30. The van der Waals surface area contributed by atoms with Gasteiger partial charge in [0.1, 0.15) is 0 Å². The highest BCUT2D eigenvalue weighted by Crippen LogP contribution is 2.27. The molecule has 2 N–H and O–H groups in total. The molecule has 1 heterocycles. The van der Waals surface area contributed by atoms with E-state index in [1.165, 1.54) is 0 Å². The molecule has 6 heteroatoms. The smallest absolute Gasteiger partial charge is 0.240 e. The summed E-state index contributed by atoms with van der Waals surface area (Å²) in [6, 6.07) is 8.80. The monoisotopic (exact) mass is 338 g/mol. The summed E-state index contributed by atoms with van der Waals surface area (Å²) in [6.07, 6.45) is 5.49. The lowest BCUT2D eigenvalue weighted by atomic mass is 9.88. The third-order valence-electron chi connectivity index (χ3n) is 5.06. The molecule has 3 rings (SSSR count). The van der Waals surface area contributed by atoms with Gasteiger partial charge in [0.2, 0.25) is 10.0 Å². The number of nitrogens with one attached hydrogen (secondary N) is 1. The lowest BCUT2D eigenvalue weighted by molar-refractivity contribution is 0.0420. The minimum atomic E-state index is -3.47. The van der Waals surface area contributed by atoms with Gasteiger partial charge in [0.25, 0.3) is 0 Å². The summed E-state index contributed by atoms with van der Waals surface area (Å²) < 4.78 is 28.2. The number of hydrogen-bond donors (Lipinski definition) is 2. The number of piperidine rings is 1. The van der Waals surface area contributed by atoms with Gasteiger partial charge in [-0.05, 0) is 37.8 Å². The first-order chi connectivity index (χ1) is 11.1. The van der Waals surface area contributed by atoms with Crippen LogP contribution in [0, 0.1) is 0 Å². The summed E-state index contributed by atoms with van der Waals surface area (Å²) in [6.45, 7) is 1.71. The van der Waals surface area contributed by atoms with Crippen LogP contribution in [0.15, 0.2) is 35.2 Å². The molecule has 1 aromatic rings. The average Bonchev–Trinajstić information content (AvgIpc) is 2.57. The van der Waals surface area contributed by atoms with E-state index in [0.29, 0.717) is 4.90 Å². The standard InChI is InChI=1S/C17H26N2O3S/c20-14-10-12-19(13-11-14)17-9-5-4-8-16(17)18-23(21,22)15-6-2-1-3-7-15/h1-3,6-7,14,16-18,20H,4-5,8-13H2/t16-,17+/m1/s1. The van der Waals surface area contributed by atoms with Crippen molar-refractivity contribution in [1.29, 1.82) is 0 Å². The predicted octanol–water partition coefficient (Wildman–Crippen LogP) is 1.73. The molecular weight excluding hydrogens is 312 g/mol. The predicted molar refractivity (Wildman–Crippen MR) is 89.6 cm³/mol. The molecule has 2 aliphatic rings. The Morgan fingerprint density at radius 3 is 2.35 bits per heavy atom. The van der Waals surface area contributed by atoms with Crippen molar-refractivity contribution in [1.82, 2.24) is 9.62 Å². The van der Waals surface area contributed by atoms with Crippen LogP contribution >= 0.6 is 0 Å². The quantitative estimate of drug-likeness (QED) is 0.877. The molecule has 128 valence electrons. The maximum atomic E-state index is 12.6. The second-order valence-electron chi connectivity index (χ2n) is 6.66. The Morgan fingerprint density at radius 2 is 1.65 bits per heavy atom. The molecule has 0 amide bonds. The van der Waals surface area contributed by atoms with Crippen molar-refractivity contribution in [3.8, 4) is 0 Å². The first-order valence-corrected chi connectivity index (χ1v) is 10.0. The molecule has 2 atom stereocenters. The van der Waals surface area contributed by atoms with Gasteiger partial charge < -0.3 is 5.11 Å². The van der Waals surface area contributed by atoms with Gasteiger partial charge in [0, 0.05) is 25.2 Å². The molecule has 23 heavy (non-hydrogen) atoms. The average molecular weight is 338 g/mol. The van der Waals surface area contributed by atoms with Crippen LogP contribution in [0.4, 0.5) is 0 Å². The largest absolute Gasteiger partial charge is 0.393 e. The van der Waals surface area contributed by atoms with Crippen LogP contribution in [0.1, 0.15) is 38.5 Å². The van der Waals surface area contributed by atoms with Crippen molar-refractivity contribution in [2.75, 3.05) is 13.1 Å². The summed E-state index contributed by atoms with van der Waals surface area (Å²) >= 11 is 0. The zero-order chi connectivity index (χ0) is 16.3. The first-order valence-electron chi connectivity index (χ1n) is 8.56. The van der Waals surface area contributed by atoms with Crippen LogP contribution in [-0.2, 0) is 10.0 Å². The molecule has 1 aliphatic heterocycles. The second-order valence-corrected chi connectivity index (χ2v) is 8.37. The Kier molecular flexibility index (Phi) is 5.36. The maximum Gasteiger partial charge on any atom is 0.240 e. The Labute approximate surface area is 138 Å². The number of aliphatic hydroxyl groups is 1. The highest BCUT2D eigenvalue weighted by atomic mass is 32.2. The van der Waals surface area contributed by atoms with Gasteiger partial charge in [-0.1, -0.05) is 31.0 Å². The summed E-state index contributed by atoms with van der Waals surface area (Å²) in [7, 11) is -3.47. The number of nitrogens with zero attached hydrogens (tertiary/aromatic N) is 1. The molecule has 1 saturated carbocycles. The fraction of sp³-hybridized carbons (Fsp3) is 0.647. The number of benzene rings is 1. The fourth-order valence-corrected chi connectivity index (χ4v) is 5.10. The van der Waals surface area contributed by atoms with E-state index in [1.54, 1.807) is 24.3 Å². The minimum Gasteiger partial charge on any atom is -0.393 e. The highest BCUT2D eigenvalue weighted by Gasteiger charge is 2.34. The van der Waals surface area contributed by atoms with Crippen LogP contribution in [0.2, 0.25) is 0 Å². The van der Waals surface area contributed by atoms with Crippen LogP contribution in [0.5, 0.6) is 0 Å². The van der Waals surface area contributed by atoms with E-state index in [2.05, 4.69) is 9.62 Å². The van der Waals surface area contributed by atoms with Gasteiger partial charge in [-0.2, -0.15) is 0 Å². The van der Waals surface area contributed by atoms with Gasteiger partial charge in [-0.15, -0.1) is 0 Å². The summed E-state index contributed by atoms with van der Waals surface area (Å²) in [5.41, 5.74) is 0. The molecule has 0 bridgehead atoms. The molecule has 0 aromatic heterocycles. The first kappa shape index (κ1) is 16.9. The van der Waals surface area contributed by atoms with Gasteiger partial charge >= 0.3 is 0 Å². The Morgan fingerprint density at radius 1 is 1.00 bits per heavy atom. The van der Waals surface area contributed by atoms with Gasteiger partial charge in [0.05, 0.1) is 11.0 Å². The van der Waals surface area contributed by atoms with Crippen molar-refractivity contribution < 1.29 is 13.5 Å². The van der Waals surface area contributed by atoms with Crippen molar-refractivity contribution in [3.05, 3.63) is 30.3 Å². The summed E-state index contributed by atoms with van der Waals surface area (Å²) in [5, 5.41) is 9.69. The number of hydrogen-bond acceptors (Lipinski definition) is 4. The van der Waals surface area contributed by atoms with Crippen molar-refractivity contribution >= 4 is 10.0 Å². The van der Waals surface area contributed by atoms with E-state index in [-0.39, 0.29) is 18.2 Å². The highest BCUT2D eigenvalue weighted by molar-refractivity contribution is 7.89. The lowest BCUT2D eigenvalue weighted by Crippen LogP contribution is -2.55. The Hall–Kier alpha value is -0.950. The molecule has 0 spiro atoms. The molecule has 0 unspecified atom stereocenters. The summed E-state index contributed by atoms with van der Waals surface area (Å²) in [4.78, 5) is 2.70. The molecule has 1 saturated heterocycles. The normalized spacial score (nSPS) is 27.9. The van der Waals surface area contributed by atoms with Gasteiger partial charge in [0.15, 0.2) is 0 Å². The van der Waals surface area contributed by atoms with E-state index in [1.807, 2.05) is 6.07 Å². The zero-order valence-corrected chi connectivity index (χ0v) is 14.2. The fourth-order valence-electron chi connectivity index (χ4n) is 3.77. The van der Waals surface area contributed by atoms with Crippen LogP contribution in [0.25, 0.3) is 0 Å². The van der Waals surface area contributed by atoms with Crippen LogP contribution in [-0.4, -0.2) is 49.7 Å². The summed E-state index contributed by atoms with van der Waals surface area (Å²) in [5.74, 6) is 0. The Balaban J connectivity index is 1.72. The van der Waals surface area contributed by atoms with Gasteiger partial charge in [-0.3, -0.25) is 4.90 Å². The number of likely N-dealkylation sites (tertiary alicyclic amines) is 1. The Bertz CT molecular complexity index is 598. The van der Waals surface area contributed by atoms with E-state index < -0.39 is 10.0 Å². The van der Waals surface area contributed by atoms with E-state index in [0.717, 1.165) is 51.6 Å². The van der Waals surface area contributed by atoms with Gasteiger partial charge in [-0.25, -0.2) is 13.1 Å². The van der Waals surface area contributed by atoms with Crippen molar-refractivity contribution in [3.63, 3.8) is 0 Å². The molecule has 1 aliphatic carbocycles. The molecule has 2 fully saturated rings. The van der Waals surface area contributed by atoms with Crippen LogP contribution < -0.4 is 4.72 Å². The molecule has 5 nitrogen and oxygen atoms in total. The van der Waals surface area contributed by atoms with E-state index in [9.17, 15) is 13.5 Å².